The van der Waals surface area contributed by atoms with Crippen LogP contribution in [0, 0.1) is 11.3 Å². The maximum absolute atomic E-state index is 13.4. The number of alkyl halides is 1. The van der Waals surface area contributed by atoms with Crippen LogP contribution in [0.1, 0.15) is 54.4 Å². The molecule has 0 nitrogen and oxygen atoms in total. The van der Waals surface area contributed by atoms with Crippen molar-refractivity contribution in [1.29, 1.82) is 0 Å². The fourth-order valence-corrected chi connectivity index (χ4v) is 1.65. The van der Waals surface area contributed by atoms with Gasteiger partial charge >= 0.3 is 0 Å². The van der Waals surface area contributed by atoms with E-state index >= 15 is 0 Å². The lowest BCUT2D eigenvalue weighted by Gasteiger charge is -2.33. The van der Waals surface area contributed by atoms with Crippen LogP contribution in [0.2, 0.25) is 0 Å². The quantitative estimate of drug-likeness (QED) is 0.601. The molecular formula is C11H23F. The predicted octanol–water partition coefficient (Wildman–Crippen LogP) is 4.20. The molecule has 0 N–H and O–H groups in total. The third-order valence-electron chi connectivity index (χ3n) is 2.45. The number of hydrogen-bond acceptors (Lipinski definition) is 0. The van der Waals surface area contributed by atoms with Gasteiger partial charge in [-0.15, -0.1) is 0 Å². The molecule has 0 fully saturated rings. The fourth-order valence-electron chi connectivity index (χ4n) is 1.65. The molecule has 0 aliphatic heterocycles. The maximum Gasteiger partial charge on any atom is 0.105 e. The van der Waals surface area contributed by atoms with Crippen LogP contribution in [-0.2, 0) is 0 Å². The molecule has 0 spiro atoms. The van der Waals surface area contributed by atoms with Crippen molar-refractivity contribution in [2.75, 3.05) is 0 Å². The molecule has 0 aliphatic carbocycles. The van der Waals surface area contributed by atoms with Gasteiger partial charge < -0.3 is 0 Å². The van der Waals surface area contributed by atoms with Crippen LogP contribution in [0.4, 0.5) is 4.39 Å². The van der Waals surface area contributed by atoms with Crippen LogP contribution in [0.5, 0.6) is 0 Å². The fraction of sp³-hybridized carbons (Fsp3) is 1.00. The van der Waals surface area contributed by atoms with Crippen LogP contribution in [0.3, 0.4) is 0 Å². The Balaban J connectivity index is 4.20. The molecular weight excluding hydrogens is 151 g/mol. The third-order valence-corrected chi connectivity index (χ3v) is 2.45. The number of hydrogen-bond donors (Lipinski definition) is 0. The first kappa shape index (κ1) is 11.9. The van der Waals surface area contributed by atoms with E-state index in [1.165, 1.54) is 0 Å². The zero-order valence-corrected chi connectivity index (χ0v) is 9.37. The second-order valence-corrected chi connectivity index (χ2v) is 5.39. The summed E-state index contributed by atoms with van der Waals surface area (Å²) in [5, 5.41) is 0. The van der Waals surface area contributed by atoms with Crippen molar-refractivity contribution >= 4 is 0 Å². The highest BCUT2D eigenvalue weighted by atomic mass is 19.1. The minimum absolute atomic E-state index is 0.234. The summed E-state index contributed by atoms with van der Waals surface area (Å²) in [6, 6.07) is 0. The second-order valence-electron chi connectivity index (χ2n) is 5.39. The summed E-state index contributed by atoms with van der Waals surface area (Å²) in [4.78, 5) is 0. The molecule has 0 saturated heterocycles. The Morgan fingerprint density at radius 2 is 1.50 bits per heavy atom. The van der Waals surface area contributed by atoms with Gasteiger partial charge in [0.1, 0.15) is 5.67 Å². The Morgan fingerprint density at radius 3 is 1.58 bits per heavy atom. The summed E-state index contributed by atoms with van der Waals surface area (Å²) in [7, 11) is 0. The Hall–Kier alpha value is -0.0700. The maximum atomic E-state index is 13.4. The van der Waals surface area contributed by atoms with Gasteiger partial charge in [0.05, 0.1) is 0 Å². The van der Waals surface area contributed by atoms with E-state index in [0.717, 1.165) is 6.42 Å². The second kappa shape index (κ2) is 3.76. The van der Waals surface area contributed by atoms with Gasteiger partial charge in [0.25, 0.3) is 0 Å². The highest BCUT2D eigenvalue weighted by molar-refractivity contribution is 4.79. The first-order chi connectivity index (χ1) is 5.17. The topological polar surface area (TPSA) is 0 Å². The smallest absolute Gasteiger partial charge is 0.105 e. The first-order valence-electron chi connectivity index (χ1n) is 4.85. The third kappa shape index (κ3) is 4.74. The van der Waals surface area contributed by atoms with E-state index in [0.29, 0.717) is 12.3 Å². The van der Waals surface area contributed by atoms with Crippen molar-refractivity contribution in [2.24, 2.45) is 11.3 Å². The van der Waals surface area contributed by atoms with E-state index in [1.807, 2.05) is 0 Å². The molecule has 74 valence electrons. The van der Waals surface area contributed by atoms with Gasteiger partial charge in [-0.25, -0.2) is 4.39 Å². The van der Waals surface area contributed by atoms with Crippen LogP contribution in [-0.4, -0.2) is 5.67 Å². The summed E-state index contributed by atoms with van der Waals surface area (Å²) in [5.41, 5.74) is -0.786. The average Bonchev–Trinajstić information content (AvgIpc) is 1.78. The number of rotatable bonds is 3. The molecule has 0 aromatic carbocycles. The lowest BCUT2D eigenvalue weighted by molar-refractivity contribution is 0.109. The van der Waals surface area contributed by atoms with Crippen molar-refractivity contribution in [3.05, 3.63) is 0 Å². The Bertz CT molecular complexity index is 125. The summed E-state index contributed by atoms with van der Waals surface area (Å²) in [6.45, 7) is 12.0. The molecule has 12 heavy (non-hydrogen) atoms. The molecule has 1 unspecified atom stereocenters. The van der Waals surface area contributed by atoms with Crippen molar-refractivity contribution in [2.45, 2.75) is 60.1 Å². The summed E-state index contributed by atoms with van der Waals surface area (Å²) in [5.74, 6) is 0.484. The molecule has 0 saturated carbocycles. The molecule has 0 radical (unpaired) electrons. The summed E-state index contributed by atoms with van der Waals surface area (Å²) in [6.07, 6.45) is 1.74. The highest BCUT2D eigenvalue weighted by Gasteiger charge is 2.29. The van der Waals surface area contributed by atoms with Crippen molar-refractivity contribution in [1.82, 2.24) is 0 Å². The zero-order valence-electron chi connectivity index (χ0n) is 9.37. The normalized spacial score (nSPS) is 16.2. The Labute approximate surface area is 76.6 Å². The van der Waals surface area contributed by atoms with Crippen LogP contribution in [0.25, 0.3) is 0 Å². The lowest BCUT2D eigenvalue weighted by Crippen LogP contribution is -2.27. The summed E-state index contributed by atoms with van der Waals surface area (Å²) < 4.78 is 13.4. The molecule has 0 rings (SSSR count). The number of halogens is 1. The van der Waals surface area contributed by atoms with Crippen molar-refractivity contribution in [3.63, 3.8) is 0 Å². The molecule has 0 aromatic heterocycles. The van der Waals surface area contributed by atoms with Crippen molar-refractivity contribution < 1.29 is 4.39 Å². The van der Waals surface area contributed by atoms with E-state index in [9.17, 15) is 4.39 Å². The molecule has 0 amide bonds. The van der Waals surface area contributed by atoms with Gasteiger partial charge in [-0.1, -0.05) is 34.1 Å². The van der Waals surface area contributed by atoms with Gasteiger partial charge in [-0.05, 0) is 31.6 Å². The van der Waals surface area contributed by atoms with E-state index in [1.54, 1.807) is 13.8 Å². The van der Waals surface area contributed by atoms with Gasteiger partial charge in [0.2, 0.25) is 0 Å². The van der Waals surface area contributed by atoms with Gasteiger partial charge in [0, 0.05) is 0 Å². The van der Waals surface area contributed by atoms with E-state index in [4.69, 9.17) is 0 Å². The monoisotopic (exact) mass is 174 g/mol. The standard InChI is InChI=1S/C11H23F/c1-7-9(10(2,3)4)8-11(5,6)12/h9H,7-8H2,1-6H3. The minimum Gasteiger partial charge on any atom is -0.244 e. The van der Waals surface area contributed by atoms with E-state index in [-0.39, 0.29) is 5.41 Å². The molecule has 0 heterocycles. The Morgan fingerprint density at radius 1 is 1.08 bits per heavy atom. The van der Waals surface area contributed by atoms with Gasteiger partial charge in [0.15, 0.2) is 0 Å². The van der Waals surface area contributed by atoms with E-state index < -0.39 is 5.67 Å². The van der Waals surface area contributed by atoms with E-state index in [2.05, 4.69) is 27.7 Å². The SMILES string of the molecule is CCC(CC(C)(C)F)C(C)(C)C. The lowest BCUT2D eigenvalue weighted by atomic mass is 9.74. The Kier molecular flexibility index (Phi) is 3.74. The summed E-state index contributed by atoms with van der Waals surface area (Å²) >= 11 is 0. The van der Waals surface area contributed by atoms with Crippen LogP contribution >= 0.6 is 0 Å². The van der Waals surface area contributed by atoms with Crippen molar-refractivity contribution in [3.8, 4) is 0 Å². The average molecular weight is 174 g/mol. The van der Waals surface area contributed by atoms with Gasteiger partial charge in [-0.3, -0.25) is 0 Å². The predicted molar refractivity (Wildman–Crippen MR) is 53.0 cm³/mol. The molecule has 1 heteroatoms. The zero-order chi connectivity index (χ0) is 9.99. The molecule has 0 bridgehead atoms. The minimum atomic E-state index is -1.02. The molecule has 0 aliphatic rings. The van der Waals surface area contributed by atoms with Crippen LogP contribution < -0.4 is 0 Å². The van der Waals surface area contributed by atoms with Crippen LogP contribution in [0.15, 0.2) is 0 Å². The van der Waals surface area contributed by atoms with Gasteiger partial charge in [-0.2, -0.15) is 0 Å². The molecule has 0 aromatic rings. The molecule has 1 atom stereocenters. The largest absolute Gasteiger partial charge is 0.244 e. The highest BCUT2D eigenvalue weighted by Crippen LogP contribution is 2.35. The first-order valence-corrected chi connectivity index (χ1v) is 4.85.